The molecule has 3 aromatic rings. The van der Waals surface area contributed by atoms with E-state index in [1.54, 1.807) is 4.57 Å². The van der Waals surface area contributed by atoms with E-state index >= 15 is 0 Å². The minimum absolute atomic E-state index is 0.0505. The van der Waals surface area contributed by atoms with Gasteiger partial charge in [0.15, 0.2) is 0 Å². The number of aromatic nitrogens is 2. The van der Waals surface area contributed by atoms with Crippen LogP contribution in [0.3, 0.4) is 0 Å². The number of likely N-dealkylation sites (tertiary alicyclic amines) is 1. The molecule has 216 valence electrons. The summed E-state index contributed by atoms with van der Waals surface area (Å²) in [5.41, 5.74) is -0.493. The summed E-state index contributed by atoms with van der Waals surface area (Å²) in [5.74, 6) is 0.296. The van der Waals surface area contributed by atoms with Gasteiger partial charge in [-0.05, 0) is 62.0 Å². The van der Waals surface area contributed by atoms with Gasteiger partial charge in [0.05, 0.1) is 16.5 Å². The molecule has 2 atom stereocenters. The molecule has 7 nitrogen and oxygen atoms in total. The van der Waals surface area contributed by atoms with Gasteiger partial charge in [-0.3, -0.25) is 9.36 Å². The molecule has 2 aromatic carbocycles. The minimum Gasteiger partial charge on any atom is -0.445 e. The number of hydrogen-bond donors (Lipinski definition) is 1. The molecule has 1 N–H and O–H groups in total. The number of likely N-dealkylation sites (N-methyl/N-ethyl adjacent to an activating group) is 1. The molecule has 4 rings (SSSR count). The van der Waals surface area contributed by atoms with E-state index in [1.807, 2.05) is 58.2 Å². The molecule has 10 heteroatoms. The van der Waals surface area contributed by atoms with Crippen LogP contribution in [0, 0.1) is 5.41 Å². The van der Waals surface area contributed by atoms with E-state index in [-0.39, 0.29) is 40.4 Å². The van der Waals surface area contributed by atoms with Gasteiger partial charge in [0, 0.05) is 25.0 Å². The number of nitrogens with one attached hydrogen (secondary N) is 1. The molecule has 0 saturated carbocycles. The van der Waals surface area contributed by atoms with Crippen LogP contribution < -0.4 is 10.9 Å². The van der Waals surface area contributed by atoms with Crippen molar-refractivity contribution in [2.45, 2.75) is 71.3 Å². The van der Waals surface area contributed by atoms with Crippen LogP contribution in [0.1, 0.15) is 62.9 Å². The van der Waals surface area contributed by atoms with Crippen molar-refractivity contribution in [3.05, 3.63) is 75.8 Å². The van der Waals surface area contributed by atoms with E-state index in [4.69, 9.17) is 9.72 Å². The van der Waals surface area contributed by atoms with Gasteiger partial charge in [-0.1, -0.05) is 51.1 Å². The van der Waals surface area contributed by atoms with Gasteiger partial charge in [-0.2, -0.15) is 13.2 Å². The lowest BCUT2D eigenvalue weighted by atomic mass is 9.85. The van der Waals surface area contributed by atoms with Gasteiger partial charge in [0.2, 0.25) is 0 Å². The highest BCUT2D eigenvalue weighted by Crippen LogP contribution is 2.35. The van der Waals surface area contributed by atoms with Gasteiger partial charge in [0.25, 0.3) is 5.56 Å². The normalized spacial score (nSPS) is 18.6. The van der Waals surface area contributed by atoms with E-state index in [9.17, 15) is 22.8 Å². The Balaban J connectivity index is 1.61. The number of nitrogens with zero attached hydrogens (tertiary/aromatic N) is 3. The number of hydrogen-bond acceptors (Lipinski definition) is 5. The first-order valence-corrected chi connectivity index (χ1v) is 13.6. The van der Waals surface area contributed by atoms with E-state index in [2.05, 4.69) is 10.2 Å². The van der Waals surface area contributed by atoms with Crippen molar-refractivity contribution in [2.75, 3.05) is 20.1 Å². The predicted octanol–water partition coefficient (Wildman–Crippen LogP) is 5.96. The molecule has 2 heterocycles. The Bertz CT molecular complexity index is 1380. The molecule has 40 heavy (non-hydrogen) atoms. The SMILES string of the molecule is CN1CCCC(c2nc3cc(C(F)(F)F)ccc3c(=O)n2CC(C)(C)C)C1CCNC(=O)OCc1ccccc1. The van der Waals surface area contributed by atoms with Gasteiger partial charge in [-0.25, -0.2) is 9.78 Å². The summed E-state index contributed by atoms with van der Waals surface area (Å²) >= 11 is 0. The molecule has 2 unspecified atom stereocenters. The Morgan fingerprint density at radius 1 is 1.12 bits per heavy atom. The number of amides is 1. The van der Waals surface area contributed by atoms with Gasteiger partial charge in [0.1, 0.15) is 12.4 Å². The van der Waals surface area contributed by atoms with Gasteiger partial charge >= 0.3 is 12.3 Å². The zero-order chi connectivity index (χ0) is 29.1. The second-order valence-corrected chi connectivity index (χ2v) is 11.7. The second-order valence-electron chi connectivity index (χ2n) is 11.7. The lowest BCUT2D eigenvalue weighted by Crippen LogP contribution is -2.46. The van der Waals surface area contributed by atoms with E-state index < -0.39 is 17.8 Å². The van der Waals surface area contributed by atoms with Crippen LogP contribution in [0.5, 0.6) is 0 Å². The Hall–Kier alpha value is -3.40. The van der Waals surface area contributed by atoms with Crippen LogP contribution in [-0.4, -0.2) is 46.7 Å². The summed E-state index contributed by atoms with van der Waals surface area (Å²) in [4.78, 5) is 32.9. The van der Waals surface area contributed by atoms with Crippen molar-refractivity contribution in [1.82, 2.24) is 19.8 Å². The van der Waals surface area contributed by atoms with Crippen molar-refractivity contribution in [3.63, 3.8) is 0 Å². The molecule has 0 radical (unpaired) electrons. The number of alkyl halides is 3. The lowest BCUT2D eigenvalue weighted by Gasteiger charge is -2.40. The van der Waals surface area contributed by atoms with Crippen LogP contribution in [-0.2, 0) is 24.1 Å². The number of ether oxygens (including phenoxy) is 1. The van der Waals surface area contributed by atoms with Crippen molar-refractivity contribution in [1.29, 1.82) is 0 Å². The zero-order valence-electron chi connectivity index (χ0n) is 23.4. The molecular formula is C30H37F3N4O3. The monoisotopic (exact) mass is 558 g/mol. The molecule has 0 aliphatic carbocycles. The Morgan fingerprint density at radius 3 is 2.52 bits per heavy atom. The fourth-order valence-corrected chi connectivity index (χ4v) is 5.37. The highest BCUT2D eigenvalue weighted by Gasteiger charge is 2.35. The Kier molecular flexibility index (Phi) is 8.87. The van der Waals surface area contributed by atoms with E-state index in [1.165, 1.54) is 6.07 Å². The molecule has 1 aliphatic heterocycles. The van der Waals surface area contributed by atoms with Gasteiger partial charge in [-0.15, -0.1) is 0 Å². The Morgan fingerprint density at radius 2 is 1.85 bits per heavy atom. The maximum Gasteiger partial charge on any atom is 0.416 e. The van der Waals surface area contributed by atoms with Crippen molar-refractivity contribution >= 4 is 17.0 Å². The van der Waals surface area contributed by atoms with Gasteiger partial charge < -0.3 is 15.0 Å². The smallest absolute Gasteiger partial charge is 0.416 e. The average Bonchev–Trinajstić information content (AvgIpc) is 2.89. The standard InChI is InChI=1S/C30H37F3N4O3/c1-29(2,3)19-37-26(35-24-17-21(30(31,32)33)12-13-22(24)27(37)38)23-11-8-16-36(4)25(23)14-15-34-28(39)40-18-20-9-6-5-7-10-20/h5-7,9-10,12-13,17,23,25H,8,11,14-16,18-19H2,1-4H3,(H,34,39). The summed E-state index contributed by atoms with van der Waals surface area (Å²) in [6.45, 7) is 7.74. The van der Waals surface area contributed by atoms with Crippen molar-refractivity contribution < 1.29 is 22.7 Å². The maximum absolute atomic E-state index is 13.7. The third-order valence-electron chi connectivity index (χ3n) is 7.26. The topological polar surface area (TPSA) is 76.5 Å². The zero-order valence-corrected chi connectivity index (χ0v) is 23.4. The summed E-state index contributed by atoms with van der Waals surface area (Å²) < 4.78 is 47.4. The van der Waals surface area contributed by atoms with E-state index in [0.717, 1.165) is 37.1 Å². The molecule has 1 aromatic heterocycles. The number of benzene rings is 2. The average molecular weight is 559 g/mol. The number of halogens is 3. The summed E-state index contributed by atoms with van der Waals surface area (Å²) in [6.07, 6.45) is -2.91. The summed E-state index contributed by atoms with van der Waals surface area (Å²) in [7, 11) is 1.99. The number of piperidine rings is 1. The predicted molar refractivity (Wildman–Crippen MR) is 148 cm³/mol. The first-order chi connectivity index (χ1) is 18.8. The van der Waals surface area contributed by atoms with E-state index in [0.29, 0.717) is 25.3 Å². The molecule has 0 spiro atoms. The minimum atomic E-state index is -4.54. The molecule has 1 amide bonds. The largest absolute Gasteiger partial charge is 0.445 e. The lowest BCUT2D eigenvalue weighted by molar-refractivity contribution is -0.137. The number of carbonyl (C=O) groups excluding carboxylic acids is 1. The highest BCUT2D eigenvalue weighted by atomic mass is 19.4. The van der Waals surface area contributed by atoms with Crippen LogP contribution in [0.4, 0.5) is 18.0 Å². The molecule has 1 saturated heterocycles. The number of rotatable bonds is 7. The van der Waals surface area contributed by atoms with Crippen molar-refractivity contribution in [2.24, 2.45) is 5.41 Å². The molecule has 1 fully saturated rings. The number of alkyl carbamates (subject to hydrolysis) is 1. The first kappa shape index (κ1) is 29.6. The number of fused-ring (bicyclic) bond motifs is 1. The third kappa shape index (κ3) is 7.21. The fraction of sp³-hybridized carbons (Fsp3) is 0.500. The van der Waals surface area contributed by atoms with Crippen LogP contribution in [0.15, 0.2) is 53.3 Å². The molecule has 0 bridgehead atoms. The van der Waals surface area contributed by atoms with Crippen LogP contribution in [0.25, 0.3) is 10.9 Å². The highest BCUT2D eigenvalue weighted by molar-refractivity contribution is 5.78. The van der Waals surface area contributed by atoms with Crippen LogP contribution in [0.2, 0.25) is 0 Å². The summed E-state index contributed by atoms with van der Waals surface area (Å²) in [6, 6.07) is 12.4. The number of carbonyl (C=O) groups is 1. The Labute approximate surface area is 232 Å². The third-order valence-corrected chi connectivity index (χ3v) is 7.26. The van der Waals surface area contributed by atoms with Crippen LogP contribution >= 0.6 is 0 Å². The molecular weight excluding hydrogens is 521 g/mol. The summed E-state index contributed by atoms with van der Waals surface area (Å²) in [5, 5.41) is 2.98. The first-order valence-electron chi connectivity index (χ1n) is 13.6. The maximum atomic E-state index is 13.7. The van der Waals surface area contributed by atoms with Crippen molar-refractivity contribution in [3.8, 4) is 0 Å². The fourth-order valence-electron chi connectivity index (χ4n) is 5.37. The second kappa shape index (κ2) is 12.0. The molecule has 1 aliphatic rings. The quantitative estimate of drug-likeness (QED) is 0.388.